The zero-order chi connectivity index (χ0) is 14.4. The minimum absolute atomic E-state index is 0.00542. The topological polar surface area (TPSA) is 139 Å². The third kappa shape index (κ3) is 4.31. The minimum atomic E-state index is -0.596. The highest BCUT2D eigenvalue weighted by molar-refractivity contribution is 7.99. The Kier molecular flexibility index (Phi) is 4.60. The van der Waals surface area contributed by atoms with E-state index in [4.69, 9.17) is 10.2 Å². The Morgan fingerprint density at radius 1 is 1.50 bits per heavy atom. The Balaban J connectivity index is 1.67. The van der Waals surface area contributed by atoms with Crippen molar-refractivity contribution in [3.63, 3.8) is 0 Å². The molecule has 0 aliphatic heterocycles. The van der Waals surface area contributed by atoms with Crippen molar-refractivity contribution < 1.29 is 14.0 Å². The Hall–Kier alpha value is -2.49. The molecule has 2 aromatic heterocycles. The number of aromatic amines is 1. The van der Waals surface area contributed by atoms with Gasteiger partial charge < -0.3 is 15.5 Å². The van der Waals surface area contributed by atoms with Crippen LogP contribution in [-0.4, -0.2) is 32.9 Å². The van der Waals surface area contributed by atoms with Crippen molar-refractivity contribution in [2.24, 2.45) is 0 Å². The van der Waals surface area contributed by atoms with Gasteiger partial charge in [0, 0.05) is 0 Å². The van der Waals surface area contributed by atoms with E-state index in [1.807, 2.05) is 0 Å². The monoisotopic (exact) mass is 296 g/mol. The first-order chi connectivity index (χ1) is 9.63. The number of nitrogens with two attached hydrogens (primary N) is 1. The summed E-state index contributed by atoms with van der Waals surface area (Å²) in [6.45, 7) is 0.205. The number of hydrogen-bond donors (Lipinski definition) is 4. The molecule has 5 N–H and O–H groups in total. The zero-order valence-corrected chi connectivity index (χ0v) is 11.1. The molecule has 2 rings (SSSR count). The number of aromatic nitrogens is 3. The van der Waals surface area contributed by atoms with Gasteiger partial charge in [-0.25, -0.2) is 9.89 Å². The molecule has 0 radical (unpaired) electrons. The number of thioether (sulfide) groups is 1. The van der Waals surface area contributed by atoms with Gasteiger partial charge in [0.25, 0.3) is 0 Å². The molecule has 0 spiro atoms. The minimum Gasteiger partial charge on any atom is -0.467 e. The summed E-state index contributed by atoms with van der Waals surface area (Å²) in [4.78, 5) is 26.7. The number of furan rings is 1. The summed E-state index contributed by atoms with van der Waals surface area (Å²) in [7, 11) is 0. The number of nitrogen functional groups attached to an aromatic ring is 1. The van der Waals surface area contributed by atoms with E-state index in [9.17, 15) is 9.59 Å². The molecule has 0 saturated heterocycles. The summed E-state index contributed by atoms with van der Waals surface area (Å²) in [5.74, 6) is 0.309. The summed E-state index contributed by atoms with van der Waals surface area (Å²) in [5, 5.41) is 11.2. The smallest absolute Gasteiger partial charge is 0.321 e. The summed E-state index contributed by atoms with van der Waals surface area (Å²) < 4.78 is 5.03. The molecular formula is C10H12N6O3S. The van der Waals surface area contributed by atoms with Gasteiger partial charge in [-0.3, -0.25) is 10.1 Å². The van der Waals surface area contributed by atoms with E-state index in [1.165, 1.54) is 6.26 Å². The highest BCUT2D eigenvalue weighted by Crippen LogP contribution is 2.11. The van der Waals surface area contributed by atoms with Crippen molar-refractivity contribution in [1.29, 1.82) is 0 Å². The fourth-order valence-electron chi connectivity index (χ4n) is 1.24. The lowest BCUT2D eigenvalue weighted by Gasteiger charge is -2.04. The number of rotatable bonds is 5. The second-order valence-corrected chi connectivity index (χ2v) is 4.54. The maximum Gasteiger partial charge on any atom is 0.321 e. The van der Waals surface area contributed by atoms with Crippen LogP contribution in [0.3, 0.4) is 0 Å². The largest absolute Gasteiger partial charge is 0.467 e. The van der Waals surface area contributed by atoms with Crippen molar-refractivity contribution >= 4 is 29.6 Å². The highest BCUT2D eigenvalue weighted by atomic mass is 32.2. The number of H-pyrrole nitrogens is 1. The van der Waals surface area contributed by atoms with E-state index in [0.717, 1.165) is 11.8 Å². The van der Waals surface area contributed by atoms with Crippen LogP contribution in [0, 0.1) is 0 Å². The third-order valence-corrected chi connectivity index (χ3v) is 2.92. The fraction of sp³-hybridized carbons (Fsp3) is 0.200. The van der Waals surface area contributed by atoms with Crippen LogP contribution in [0.2, 0.25) is 0 Å². The van der Waals surface area contributed by atoms with Crippen molar-refractivity contribution in [2.75, 3.05) is 11.5 Å². The fourth-order valence-corrected chi connectivity index (χ4v) is 1.85. The van der Waals surface area contributed by atoms with Gasteiger partial charge in [0.05, 0.1) is 18.6 Å². The Morgan fingerprint density at radius 2 is 2.35 bits per heavy atom. The number of carbonyl (C=O) groups excluding carboxylic acids is 2. The van der Waals surface area contributed by atoms with Gasteiger partial charge >= 0.3 is 6.03 Å². The molecule has 0 aliphatic rings. The van der Waals surface area contributed by atoms with Crippen LogP contribution in [-0.2, 0) is 11.3 Å². The van der Waals surface area contributed by atoms with E-state index in [2.05, 4.69) is 25.8 Å². The van der Waals surface area contributed by atoms with Crippen LogP contribution >= 0.6 is 11.8 Å². The number of urea groups is 1. The lowest BCUT2D eigenvalue weighted by molar-refractivity contribution is -0.117. The number of carbonyl (C=O) groups is 2. The third-order valence-electron chi connectivity index (χ3n) is 2.07. The van der Waals surface area contributed by atoms with Gasteiger partial charge in [0.15, 0.2) is 0 Å². The number of nitrogens with one attached hydrogen (secondary N) is 3. The summed E-state index contributed by atoms with van der Waals surface area (Å²) in [5.41, 5.74) is 5.34. The normalized spacial score (nSPS) is 10.2. The van der Waals surface area contributed by atoms with E-state index in [1.54, 1.807) is 12.1 Å². The maximum absolute atomic E-state index is 11.5. The molecule has 2 heterocycles. The van der Waals surface area contributed by atoms with Crippen molar-refractivity contribution in [3.8, 4) is 0 Å². The van der Waals surface area contributed by atoms with Crippen LogP contribution in [0.15, 0.2) is 28.0 Å². The summed E-state index contributed by atoms with van der Waals surface area (Å²) in [6, 6.07) is 2.83. The Bertz CT molecular complexity index is 582. The number of anilines is 1. The van der Waals surface area contributed by atoms with Crippen molar-refractivity contribution in [3.05, 3.63) is 24.2 Å². The van der Waals surface area contributed by atoms with Crippen molar-refractivity contribution in [1.82, 2.24) is 25.8 Å². The standard InChI is InChI=1S/C10H12N6O3S/c11-8-14-10(16-15-8)20-5-7(17)13-9(18)12-4-6-2-1-3-19-6/h1-3H,4-5H2,(H3,11,14,15,16)(H2,12,13,17,18). The molecule has 0 fully saturated rings. The first-order valence-corrected chi connectivity index (χ1v) is 6.53. The lowest BCUT2D eigenvalue weighted by Crippen LogP contribution is -2.39. The van der Waals surface area contributed by atoms with Gasteiger partial charge in [-0.2, -0.15) is 4.98 Å². The Labute approximate surface area is 117 Å². The average Bonchev–Trinajstić information content (AvgIpc) is 3.05. The molecule has 10 heteroatoms. The van der Waals surface area contributed by atoms with Crippen LogP contribution in [0.4, 0.5) is 10.7 Å². The SMILES string of the molecule is Nc1nc(SCC(=O)NC(=O)NCc2ccco2)n[nH]1. The molecule has 0 saturated carbocycles. The van der Waals surface area contributed by atoms with Crippen LogP contribution in [0.25, 0.3) is 0 Å². The van der Waals surface area contributed by atoms with Gasteiger partial charge in [-0.05, 0) is 12.1 Å². The molecule has 0 unspecified atom stereocenters. The van der Waals surface area contributed by atoms with Crippen LogP contribution in [0.1, 0.15) is 5.76 Å². The molecular weight excluding hydrogens is 284 g/mol. The summed E-state index contributed by atoms with van der Waals surface area (Å²) >= 11 is 1.06. The molecule has 0 atom stereocenters. The van der Waals surface area contributed by atoms with Gasteiger partial charge in [0.1, 0.15) is 5.76 Å². The molecule has 106 valence electrons. The number of amides is 3. The number of nitrogens with zero attached hydrogens (tertiary/aromatic N) is 2. The second-order valence-electron chi connectivity index (χ2n) is 3.60. The molecule has 0 aliphatic carbocycles. The van der Waals surface area contributed by atoms with E-state index in [0.29, 0.717) is 10.9 Å². The predicted octanol–water partition coefficient (Wildman–Crippen LogP) is 0.0980. The van der Waals surface area contributed by atoms with Crippen LogP contribution < -0.4 is 16.4 Å². The Morgan fingerprint density at radius 3 is 3.00 bits per heavy atom. The average molecular weight is 296 g/mol. The lowest BCUT2D eigenvalue weighted by atomic mass is 10.4. The second kappa shape index (κ2) is 6.61. The first kappa shape index (κ1) is 13.9. The predicted molar refractivity (Wildman–Crippen MR) is 70.6 cm³/mol. The summed E-state index contributed by atoms with van der Waals surface area (Å²) in [6.07, 6.45) is 1.50. The van der Waals surface area contributed by atoms with E-state index in [-0.39, 0.29) is 18.2 Å². The van der Waals surface area contributed by atoms with E-state index >= 15 is 0 Å². The molecule has 0 aromatic carbocycles. The number of hydrogen-bond acceptors (Lipinski definition) is 7. The van der Waals surface area contributed by atoms with Gasteiger partial charge in [-0.15, -0.1) is 5.10 Å². The van der Waals surface area contributed by atoms with E-state index < -0.39 is 11.9 Å². The first-order valence-electron chi connectivity index (χ1n) is 5.54. The molecule has 3 amide bonds. The quantitative estimate of drug-likeness (QED) is 0.574. The number of imide groups is 1. The highest BCUT2D eigenvalue weighted by Gasteiger charge is 2.10. The molecule has 2 aromatic rings. The zero-order valence-electron chi connectivity index (χ0n) is 10.3. The molecule has 9 nitrogen and oxygen atoms in total. The van der Waals surface area contributed by atoms with Gasteiger partial charge in [-0.1, -0.05) is 11.8 Å². The maximum atomic E-state index is 11.5. The molecule has 0 bridgehead atoms. The van der Waals surface area contributed by atoms with Crippen LogP contribution in [0.5, 0.6) is 0 Å². The van der Waals surface area contributed by atoms with Gasteiger partial charge in [0.2, 0.25) is 17.0 Å². The molecule has 20 heavy (non-hydrogen) atoms. The van der Waals surface area contributed by atoms with Crippen molar-refractivity contribution in [2.45, 2.75) is 11.7 Å².